The fourth-order valence-corrected chi connectivity index (χ4v) is 3.94. The van der Waals surface area contributed by atoms with E-state index in [1.165, 1.54) is 0 Å². The number of hydrogen-bond acceptors (Lipinski definition) is 5. The van der Waals surface area contributed by atoms with Crippen LogP contribution in [-0.4, -0.2) is 43.0 Å². The number of fused-ring (bicyclic) bond motifs is 1. The van der Waals surface area contributed by atoms with Gasteiger partial charge in [0.05, 0.1) is 20.8 Å². The first-order valence-corrected chi connectivity index (χ1v) is 11.8. The van der Waals surface area contributed by atoms with Gasteiger partial charge in [0.2, 0.25) is 5.96 Å². The van der Waals surface area contributed by atoms with Gasteiger partial charge < -0.3 is 20.7 Å². The van der Waals surface area contributed by atoms with E-state index in [4.69, 9.17) is 16.3 Å². The summed E-state index contributed by atoms with van der Waals surface area (Å²) in [6.45, 7) is 6.82. The molecule has 178 valence electrons. The lowest BCUT2D eigenvalue weighted by atomic mass is 10.2. The molecule has 2 amide bonds. The van der Waals surface area contributed by atoms with Crippen LogP contribution in [0.4, 0.5) is 5.69 Å². The molecular weight excluding hydrogens is 474 g/mol. The van der Waals surface area contributed by atoms with Crippen LogP contribution in [0.2, 0.25) is 5.02 Å². The monoisotopic (exact) mass is 499 g/mol. The third kappa shape index (κ3) is 7.38. The number of aryl methyl sites for hydroxylation is 1. The Labute approximate surface area is 207 Å². The summed E-state index contributed by atoms with van der Waals surface area (Å²) >= 11 is 7.53. The van der Waals surface area contributed by atoms with E-state index in [0.717, 1.165) is 26.5 Å². The van der Waals surface area contributed by atoms with E-state index in [1.54, 1.807) is 30.6 Å². The lowest BCUT2D eigenvalue weighted by molar-refractivity contribution is -0.122. The number of rotatable bonds is 9. The lowest BCUT2D eigenvalue weighted by Crippen LogP contribution is -2.33. The summed E-state index contributed by atoms with van der Waals surface area (Å²) in [7, 11) is 1.58. The van der Waals surface area contributed by atoms with E-state index in [-0.39, 0.29) is 11.5 Å². The molecule has 34 heavy (non-hydrogen) atoms. The third-order valence-corrected chi connectivity index (χ3v) is 5.87. The topological polar surface area (TPSA) is 105 Å². The summed E-state index contributed by atoms with van der Waals surface area (Å²) in [5.74, 6) is -1.12. The third-order valence-electron chi connectivity index (χ3n) is 4.69. The van der Waals surface area contributed by atoms with Gasteiger partial charge >= 0.3 is 0 Å². The van der Waals surface area contributed by atoms with Crippen LogP contribution in [0.1, 0.15) is 17.0 Å². The number of benzene rings is 2. The Morgan fingerprint density at radius 2 is 1.94 bits per heavy atom. The maximum Gasteiger partial charge on any atom is 0.285 e. The van der Waals surface area contributed by atoms with Crippen molar-refractivity contribution in [1.29, 1.82) is 0 Å². The number of hydrogen-bond donors (Lipinski definition) is 3. The van der Waals surface area contributed by atoms with Crippen LogP contribution in [0.25, 0.3) is 10.2 Å². The number of thiazole rings is 1. The van der Waals surface area contributed by atoms with Crippen molar-refractivity contribution in [3.8, 4) is 0 Å². The summed E-state index contributed by atoms with van der Waals surface area (Å²) in [4.78, 5) is 33.5. The van der Waals surface area contributed by atoms with Crippen molar-refractivity contribution in [2.75, 3.05) is 25.6 Å². The standard InChI is InChI=1S/C24H26ClN5O3S/c1-15(22(31)26-11-4-12-33-3)23(32)30-24(27-14-17-5-7-18(25)8-6-17)29-19-9-10-20-21(13-19)34-16(2)28-20/h5-10,13H,1,4,11-12,14H2,2-3H3,(H,26,31)(H2,27,29,30,32). The molecule has 3 rings (SSSR count). The highest BCUT2D eigenvalue weighted by Crippen LogP contribution is 2.24. The molecule has 0 aliphatic rings. The smallest absolute Gasteiger partial charge is 0.285 e. The minimum atomic E-state index is -0.745. The van der Waals surface area contributed by atoms with E-state index in [9.17, 15) is 9.59 Å². The van der Waals surface area contributed by atoms with Gasteiger partial charge in [0, 0.05) is 37.5 Å². The fraction of sp³-hybridized carbons (Fsp3) is 0.250. The molecule has 0 unspecified atom stereocenters. The zero-order valence-corrected chi connectivity index (χ0v) is 20.6. The van der Waals surface area contributed by atoms with E-state index in [0.29, 0.717) is 31.1 Å². The van der Waals surface area contributed by atoms with Crippen molar-refractivity contribution in [1.82, 2.24) is 15.6 Å². The predicted molar refractivity (Wildman–Crippen MR) is 137 cm³/mol. The van der Waals surface area contributed by atoms with Crippen LogP contribution in [0.5, 0.6) is 0 Å². The second kappa shape index (κ2) is 12.3. The maximum absolute atomic E-state index is 12.7. The number of halogens is 1. The van der Waals surface area contributed by atoms with E-state index in [1.807, 2.05) is 37.3 Å². The minimum Gasteiger partial charge on any atom is -0.385 e. The molecule has 1 aromatic heterocycles. The van der Waals surface area contributed by atoms with Gasteiger partial charge in [0.15, 0.2) is 0 Å². The van der Waals surface area contributed by atoms with Gasteiger partial charge in [-0.25, -0.2) is 4.98 Å². The number of methoxy groups -OCH3 is 1. The molecule has 0 saturated heterocycles. The molecule has 2 aromatic carbocycles. The van der Waals surface area contributed by atoms with Crippen LogP contribution in [-0.2, 0) is 20.9 Å². The van der Waals surface area contributed by atoms with Crippen LogP contribution in [0.15, 0.2) is 59.6 Å². The normalized spacial score (nSPS) is 11.3. The summed E-state index contributed by atoms with van der Waals surface area (Å²) in [5, 5.41) is 10.5. The van der Waals surface area contributed by atoms with Crippen LogP contribution < -0.4 is 16.0 Å². The number of ether oxygens (including phenoxy) is 1. The number of aromatic nitrogens is 1. The molecule has 0 aliphatic carbocycles. The molecule has 0 atom stereocenters. The average molecular weight is 500 g/mol. The van der Waals surface area contributed by atoms with Gasteiger partial charge in [0.1, 0.15) is 0 Å². The Balaban J connectivity index is 1.75. The molecule has 3 N–H and O–H groups in total. The Kier molecular flexibility index (Phi) is 9.15. The number of guanidine groups is 1. The summed E-state index contributed by atoms with van der Waals surface area (Å²) < 4.78 is 5.95. The SMILES string of the molecule is C=C(C(=O)/N=C(\NCc1ccc(Cl)cc1)Nc1ccc2nc(C)sc2c1)C(=O)NCCCOC. The quantitative estimate of drug-likeness (QED) is 0.102. The Hall–Kier alpha value is -3.27. The Bertz CT molecular complexity index is 1210. The second-order valence-corrected chi connectivity index (χ2v) is 9.04. The fourth-order valence-electron chi connectivity index (χ4n) is 2.95. The highest BCUT2D eigenvalue weighted by atomic mass is 35.5. The molecule has 0 bridgehead atoms. The first-order valence-electron chi connectivity index (χ1n) is 10.6. The molecule has 10 heteroatoms. The number of nitrogens with zero attached hydrogens (tertiary/aromatic N) is 2. The predicted octanol–water partition coefficient (Wildman–Crippen LogP) is 4.05. The molecule has 0 spiro atoms. The van der Waals surface area contributed by atoms with Crippen molar-refractivity contribution >= 4 is 56.6 Å². The van der Waals surface area contributed by atoms with Gasteiger partial charge in [-0.3, -0.25) is 9.59 Å². The molecule has 1 heterocycles. The lowest BCUT2D eigenvalue weighted by Gasteiger charge is -2.13. The van der Waals surface area contributed by atoms with Gasteiger partial charge in [-0.2, -0.15) is 4.99 Å². The van der Waals surface area contributed by atoms with Gasteiger partial charge in [-0.1, -0.05) is 30.3 Å². The zero-order valence-electron chi connectivity index (χ0n) is 19.0. The van der Waals surface area contributed by atoms with Gasteiger partial charge in [-0.15, -0.1) is 11.3 Å². The number of carbonyl (C=O) groups is 2. The highest BCUT2D eigenvalue weighted by Gasteiger charge is 2.16. The van der Waals surface area contributed by atoms with E-state index >= 15 is 0 Å². The first-order chi connectivity index (χ1) is 16.4. The van der Waals surface area contributed by atoms with Crippen LogP contribution >= 0.6 is 22.9 Å². The van der Waals surface area contributed by atoms with Crippen molar-refractivity contribution in [2.45, 2.75) is 19.9 Å². The Morgan fingerprint density at radius 3 is 2.68 bits per heavy atom. The molecule has 0 fully saturated rings. The number of anilines is 1. The number of nitrogens with one attached hydrogen (secondary N) is 3. The van der Waals surface area contributed by atoms with Gasteiger partial charge in [-0.05, 0) is 49.2 Å². The maximum atomic E-state index is 12.7. The van der Waals surface area contributed by atoms with Crippen molar-refractivity contribution < 1.29 is 14.3 Å². The van der Waals surface area contributed by atoms with Crippen molar-refractivity contribution in [3.63, 3.8) is 0 Å². The zero-order chi connectivity index (χ0) is 24.5. The summed E-state index contributed by atoms with van der Waals surface area (Å²) in [6, 6.07) is 13.0. The largest absolute Gasteiger partial charge is 0.385 e. The second-order valence-electron chi connectivity index (χ2n) is 7.37. The summed E-state index contributed by atoms with van der Waals surface area (Å²) in [5.41, 5.74) is 2.31. The average Bonchev–Trinajstić information content (AvgIpc) is 3.19. The molecule has 3 aromatic rings. The van der Waals surface area contributed by atoms with Gasteiger partial charge in [0.25, 0.3) is 11.8 Å². The van der Waals surface area contributed by atoms with Crippen LogP contribution in [0.3, 0.4) is 0 Å². The molecule has 8 nitrogen and oxygen atoms in total. The first kappa shape index (κ1) is 25.4. The Morgan fingerprint density at radius 1 is 1.18 bits per heavy atom. The highest BCUT2D eigenvalue weighted by molar-refractivity contribution is 7.18. The minimum absolute atomic E-state index is 0.189. The molecular formula is C24H26ClN5O3S. The van der Waals surface area contributed by atoms with E-state index < -0.39 is 11.8 Å². The molecule has 0 saturated carbocycles. The number of aliphatic imine (C=N–C) groups is 1. The van der Waals surface area contributed by atoms with E-state index in [2.05, 4.69) is 32.5 Å². The molecule has 0 radical (unpaired) electrons. The summed E-state index contributed by atoms with van der Waals surface area (Å²) in [6.07, 6.45) is 0.627. The number of amides is 2. The van der Waals surface area contributed by atoms with Crippen molar-refractivity contribution in [3.05, 3.63) is 70.2 Å². The number of carbonyl (C=O) groups excluding carboxylic acids is 2. The molecule has 0 aliphatic heterocycles. The van der Waals surface area contributed by atoms with Crippen LogP contribution in [0, 0.1) is 6.92 Å². The van der Waals surface area contributed by atoms with Crippen molar-refractivity contribution in [2.24, 2.45) is 4.99 Å².